The molecule has 2 N–H and O–H groups in total. The van der Waals surface area contributed by atoms with Crippen LogP contribution in [0.5, 0.6) is 17.2 Å². The summed E-state index contributed by atoms with van der Waals surface area (Å²) in [4.78, 5) is 12.8. The third-order valence-electron chi connectivity index (χ3n) is 4.65. The van der Waals surface area contributed by atoms with E-state index in [9.17, 15) is 15.0 Å². The zero-order valence-electron chi connectivity index (χ0n) is 16.4. The smallest absolute Gasteiger partial charge is 0.203 e. The predicted molar refractivity (Wildman–Crippen MR) is 105 cm³/mol. The summed E-state index contributed by atoms with van der Waals surface area (Å²) in [5.74, 6) is 0.492. The lowest BCUT2D eigenvalue weighted by Crippen LogP contribution is -2.24. The van der Waals surface area contributed by atoms with Crippen LogP contribution < -0.4 is 14.2 Å². The summed E-state index contributed by atoms with van der Waals surface area (Å²) in [6.45, 7) is 0. The third kappa shape index (κ3) is 2.94. The maximum Gasteiger partial charge on any atom is 0.203 e. The van der Waals surface area contributed by atoms with E-state index in [-0.39, 0.29) is 34.0 Å². The number of carbonyl (C=O) groups is 1. The Hall–Kier alpha value is -3.48. The Balaban J connectivity index is 2.11. The number of nitrogens with zero attached hydrogens (tertiary/aromatic N) is 1. The normalized spacial score (nSPS) is 18.7. The summed E-state index contributed by atoms with van der Waals surface area (Å²) in [5, 5.41) is 20.9. The van der Waals surface area contributed by atoms with Crippen LogP contribution in [-0.4, -0.2) is 61.7 Å². The van der Waals surface area contributed by atoms with Crippen molar-refractivity contribution < 1.29 is 33.8 Å². The molecular weight excluding hydrogens is 362 g/mol. The fraction of sp³-hybridized carbons (Fsp3) is 0.238. The average Bonchev–Trinajstić information content (AvgIpc) is 2.68. The molecule has 0 saturated carbocycles. The first-order valence-corrected chi connectivity index (χ1v) is 8.50. The van der Waals surface area contributed by atoms with E-state index >= 15 is 0 Å². The van der Waals surface area contributed by atoms with Gasteiger partial charge in [-0.2, -0.15) is 0 Å². The summed E-state index contributed by atoms with van der Waals surface area (Å²) in [6.07, 6.45) is 4.92. The Morgan fingerprint density at radius 1 is 0.893 bits per heavy atom. The number of methoxy groups -OCH3 is 3. The molecule has 2 aliphatic rings. The molecule has 146 valence electrons. The van der Waals surface area contributed by atoms with Gasteiger partial charge < -0.3 is 24.4 Å². The molecule has 0 heterocycles. The van der Waals surface area contributed by atoms with Crippen molar-refractivity contribution in [2.24, 2.45) is 0 Å². The zero-order chi connectivity index (χ0) is 20.6. The Kier molecular flexibility index (Phi) is 5.00. The van der Waals surface area contributed by atoms with Gasteiger partial charge in [-0.25, -0.2) is 4.58 Å². The van der Waals surface area contributed by atoms with Crippen LogP contribution in [0.2, 0.25) is 0 Å². The lowest BCUT2D eigenvalue weighted by atomic mass is 9.79. The molecule has 1 aromatic carbocycles. The second-order valence-electron chi connectivity index (χ2n) is 6.44. The van der Waals surface area contributed by atoms with E-state index in [2.05, 4.69) is 0 Å². The molecule has 3 rings (SSSR count). The maximum absolute atomic E-state index is 12.8. The second kappa shape index (κ2) is 7.26. The number of Topliss-reactive ketones (excluding diaryl/α,β-unsaturated/α-hetero) is 1. The van der Waals surface area contributed by atoms with Gasteiger partial charge in [-0.3, -0.25) is 4.79 Å². The van der Waals surface area contributed by atoms with Gasteiger partial charge in [0.25, 0.3) is 0 Å². The van der Waals surface area contributed by atoms with Crippen LogP contribution >= 0.6 is 0 Å². The number of aliphatic hydroxyl groups is 2. The maximum atomic E-state index is 12.8. The van der Waals surface area contributed by atoms with Crippen molar-refractivity contribution in [3.05, 3.63) is 58.6 Å². The highest BCUT2D eigenvalue weighted by molar-refractivity contribution is 6.39. The number of allylic oxidation sites excluding steroid dienone is 5. The molecule has 0 amide bonds. The van der Waals surface area contributed by atoms with Crippen LogP contribution in [0, 0.1) is 0 Å². The van der Waals surface area contributed by atoms with Crippen molar-refractivity contribution in [1.29, 1.82) is 0 Å². The largest absolute Gasteiger partial charge is 0.507 e. The minimum atomic E-state index is -0.375. The van der Waals surface area contributed by atoms with E-state index in [1.165, 1.54) is 21.3 Å². The molecule has 28 heavy (non-hydrogen) atoms. The predicted octanol–water partition coefficient (Wildman–Crippen LogP) is 2.59. The quantitative estimate of drug-likeness (QED) is 0.613. The first-order valence-electron chi connectivity index (χ1n) is 8.50. The fourth-order valence-electron chi connectivity index (χ4n) is 3.16. The van der Waals surface area contributed by atoms with E-state index in [0.29, 0.717) is 22.8 Å². The monoisotopic (exact) mass is 384 g/mol. The van der Waals surface area contributed by atoms with Gasteiger partial charge in [-0.15, -0.1) is 0 Å². The van der Waals surface area contributed by atoms with Gasteiger partial charge in [0.15, 0.2) is 11.5 Å². The van der Waals surface area contributed by atoms with Crippen LogP contribution in [0.1, 0.15) is 5.56 Å². The number of ether oxygens (including phenoxy) is 3. The number of benzene rings is 1. The Morgan fingerprint density at radius 2 is 1.50 bits per heavy atom. The summed E-state index contributed by atoms with van der Waals surface area (Å²) in [6, 6.07) is 3.19. The highest BCUT2D eigenvalue weighted by Gasteiger charge is 2.39. The van der Waals surface area contributed by atoms with Crippen molar-refractivity contribution in [2.45, 2.75) is 0 Å². The van der Waals surface area contributed by atoms with Gasteiger partial charge in [0.2, 0.25) is 17.2 Å². The van der Waals surface area contributed by atoms with Gasteiger partial charge in [0.05, 0.1) is 38.6 Å². The molecule has 0 bridgehead atoms. The Labute approximate surface area is 162 Å². The number of hydrogen-bond donors (Lipinski definition) is 2. The minimum Gasteiger partial charge on any atom is -0.507 e. The molecule has 7 nitrogen and oxygen atoms in total. The molecule has 0 unspecified atom stereocenters. The highest BCUT2D eigenvalue weighted by atomic mass is 16.5. The van der Waals surface area contributed by atoms with Gasteiger partial charge in [-0.1, -0.05) is 0 Å². The zero-order valence-corrected chi connectivity index (χ0v) is 16.4. The number of hydrogen-bond acceptors (Lipinski definition) is 6. The van der Waals surface area contributed by atoms with Crippen LogP contribution in [0.3, 0.4) is 0 Å². The van der Waals surface area contributed by atoms with Crippen LogP contribution in [0.4, 0.5) is 0 Å². The van der Waals surface area contributed by atoms with Gasteiger partial charge >= 0.3 is 0 Å². The molecule has 0 spiro atoms. The van der Waals surface area contributed by atoms with Gasteiger partial charge in [0, 0.05) is 11.6 Å². The molecule has 7 heteroatoms. The molecule has 2 aliphatic carbocycles. The van der Waals surface area contributed by atoms with Crippen molar-refractivity contribution in [3.63, 3.8) is 0 Å². The van der Waals surface area contributed by atoms with Crippen molar-refractivity contribution in [2.75, 3.05) is 35.4 Å². The van der Waals surface area contributed by atoms with Crippen LogP contribution in [0.15, 0.2) is 53.0 Å². The van der Waals surface area contributed by atoms with E-state index < -0.39 is 0 Å². The van der Waals surface area contributed by atoms with Crippen molar-refractivity contribution in [3.8, 4) is 17.2 Å². The average molecular weight is 384 g/mol. The summed E-state index contributed by atoms with van der Waals surface area (Å²) in [7, 11) is 8.11. The second-order valence-corrected chi connectivity index (χ2v) is 6.44. The molecule has 0 aliphatic heterocycles. The topological polar surface area (TPSA) is 88.2 Å². The van der Waals surface area contributed by atoms with Crippen LogP contribution in [-0.2, 0) is 4.79 Å². The molecular formula is C21H22NO6+. The first kappa shape index (κ1) is 19.3. The van der Waals surface area contributed by atoms with E-state index in [1.54, 1.807) is 30.4 Å². The molecule has 0 saturated heterocycles. The Bertz CT molecular complexity index is 994. The lowest BCUT2D eigenvalue weighted by molar-refractivity contribution is -0.462. The first-order chi connectivity index (χ1) is 13.3. The molecule has 0 radical (unpaired) electrons. The Morgan fingerprint density at radius 3 is 1.93 bits per heavy atom. The number of rotatable bonds is 4. The standard InChI is InChI=1S/C21H21NO6/c1-22(2)12-6-7-13(14(23)10-12)18-19(24)17(20(18)25)11-8-15(26-3)21(28-5)16(9-11)27-4/h6-10H,1-5H3,(H,24,25)/p+1. The lowest BCUT2D eigenvalue weighted by Gasteiger charge is -2.25. The highest BCUT2D eigenvalue weighted by Crippen LogP contribution is 2.45. The summed E-state index contributed by atoms with van der Waals surface area (Å²) in [5.41, 5.74) is 1.70. The number of ketones is 1. The number of carbonyl (C=O) groups excluding carboxylic acids is 1. The summed E-state index contributed by atoms with van der Waals surface area (Å²) >= 11 is 0. The fourth-order valence-corrected chi connectivity index (χ4v) is 3.16. The third-order valence-corrected chi connectivity index (χ3v) is 4.65. The molecule has 0 atom stereocenters. The van der Waals surface area contributed by atoms with E-state index in [4.69, 9.17) is 14.2 Å². The van der Waals surface area contributed by atoms with E-state index in [0.717, 1.165) is 5.71 Å². The molecule has 0 aromatic heterocycles. The van der Waals surface area contributed by atoms with Crippen molar-refractivity contribution in [1.82, 2.24) is 0 Å². The summed E-state index contributed by atoms with van der Waals surface area (Å²) < 4.78 is 17.7. The van der Waals surface area contributed by atoms with E-state index in [1.807, 2.05) is 18.7 Å². The van der Waals surface area contributed by atoms with Crippen molar-refractivity contribution >= 4 is 17.1 Å². The van der Waals surface area contributed by atoms with Crippen LogP contribution in [0.25, 0.3) is 5.57 Å². The SMILES string of the molecule is COc1cc(C2=C(O)C(=C3C=CC(=[N+](C)C)C=C3O)C2=O)cc(OC)c1OC. The van der Waals surface area contributed by atoms with Gasteiger partial charge in [0.1, 0.15) is 25.6 Å². The minimum absolute atomic E-state index is 0.0755. The number of aliphatic hydroxyl groups excluding tert-OH is 2. The molecule has 0 fully saturated rings. The molecule has 1 aromatic rings. The van der Waals surface area contributed by atoms with Gasteiger partial charge in [-0.05, 0) is 23.8 Å².